The number of fused-ring (bicyclic) bond motifs is 1. The average Bonchev–Trinajstić information content (AvgIpc) is 2.83. The third-order valence-electron chi connectivity index (χ3n) is 5.15. The van der Waals surface area contributed by atoms with Crippen molar-refractivity contribution in [2.45, 2.75) is 13.0 Å². The van der Waals surface area contributed by atoms with Gasteiger partial charge in [-0.25, -0.2) is 18.7 Å². The first-order chi connectivity index (χ1) is 17.1. The Morgan fingerprint density at radius 3 is 2.64 bits per heavy atom. The fourth-order valence-corrected chi connectivity index (χ4v) is 3.91. The van der Waals surface area contributed by atoms with E-state index >= 15 is 4.39 Å². The lowest BCUT2D eigenvalue weighted by atomic mass is 9.97. The second kappa shape index (κ2) is 11.2. The van der Waals surface area contributed by atoms with Crippen molar-refractivity contribution >= 4 is 33.0 Å². The van der Waals surface area contributed by atoms with Crippen LogP contribution in [0.1, 0.15) is 16.7 Å². The van der Waals surface area contributed by atoms with E-state index in [0.717, 1.165) is 0 Å². The number of anilines is 1. The van der Waals surface area contributed by atoms with E-state index in [9.17, 15) is 18.0 Å². The molecule has 3 rings (SSSR count). The number of ether oxygens (including phenoxy) is 1. The molecule has 0 radical (unpaired) electrons. The van der Waals surface area contributed by atoms with Crippen LogP contribution in [0.3, 0.4) is 0 Å². The van der Waals surface area contributed by atoms with Crippen molar-refractivity contribution in [2.24, 2.45) is 0 Å². The van der Waals surface area contributed by atoms with Gasteiger partial charge in [-0.1, -0.05) is 18.1 Å². The van der Waals surface area contributed by atoms with Gasteiger partial charge in [0.25, 0.3) is 10.2 Å². The molecule has 1 heterocycles. The number of nitrogens with one attached hydrogen (secondary N) is 3. The van der Waals surface area contributed by atoms with E-state index in [0.29, 0.717) is 10.9 Å². The SMILES string of the molecule is C#CCNCc1c(Cc2cccc(NS(=O)(=O)NC)c2F)c(=O)oc2cc(OC(=O)N(C)C)ccc12. The molecule has 2 aromatic carbocycles. The Labute approximate surface area is 207 Å². The van der Waals surface area contributed by atoms with Gasteiger partial charge in [-0.05, 0) is 29.3 Å². The summed E-state index contributed by atoms with van der Waals surface area (Å²) in [4.78, 5) is 26.1. The van der Waals surface area contributed by atoms with Gasteiger partial charge in [0, 0.05) is 51.1 Å². The molecule has 0 saturated carbocycles. The van der Waals surface area contributed by atoms with Crippen molar-refractivity contribution in [1.29, 1.82) is 0 Å². The van der Waals surface area contributed by atoms with E-state index in [1.54, 1.807) is 12.1 Å². The molecule has 1 amide bonds. The number of carbonyl (C=O) groups is 1. The summed E-state index contributed by atoms with van der Waals surface area (Å²) >= 11 is 0. The Kier molecular flexibility index (Phi) is 8.31. The first-order valence-electron chi connectivity index (χ1n) is 10.7. The Morgan fingerprint density at radius 1 is 1.22 bits per heavy atom. The van der Waals surface area contributed by atoms with Crippen molar-refractivity contribution in [1.82, 2.24) is 14.9 Å². The van der Waals surface area contributed by atoms with Crippen molar-refractivity contribution in [3.8, 4) is 18.1 Å². The Balaban J connectivity index is 2.08. The van der Waals surface area contributed by atoms with Crippen LogP contribution in [0.15, 0.2) is 45.6 Å². The zero-order valence-corrected chi connectivity index (χ0v) is 20.7. The molecule has 0 spiro atoms. The van der Waals surface area contributed by atoms with Crippen LogP contribution < -0.4 is 25.1 Å². The Hall–Kier alpha value is -3.92. The van der Waals surface area contributed by atoms with Gasteiger partial charge in [0.2, 0.25) is 0 Å². The molecule has 12 heteroatoms. The lowest BCUT2D eigenvalue weighted by Gasteiger charge is -2.15. The minimum Gasteiger partial charge on any atom is -0.422 e. The molecular weight excluding hydrogens is 491 g/mol. The number of benzene rings is 2. The van der Waals surface area contributed by atoms with E-state index in [2.05, 4.69) is 16.0 Å². The van der Waals surface area contributed by atoms with Crippen LogP contribution in [-0.2, 0) is 23.2 Å². The van der Waals surface area contributed by atoms with Crippen LogP contribution in [0, 0.1) is 18.2 Å². The second-order valence-corrected chi connectivity index (χ2v) is 9.46. The third-order valence-corrected chi connectivity index (χ3v) is 6.18. The monoisotopic (exact) mass is 516 g/mol. The van der Waals surface area contributed by atoms with Crippen molar-refractivity contribution in [2.75, 3.05) is 32.4 Å². The fraction of sp³-hybridized carbons (Fsp3) is 0.250. The van der Waals surface area contributed by atoms with E-state index in [1.165, 1.54) is 50.3 Å². The number of halogens is 1. The average molecular weight is 517 g/mol. The molecule has 0 aliphatic rings. The predicted octanol–water partition coefficient (Wildman–Crippen LogP) is 2.18. The van der Waals surface area contributed by atoms with Gasteiger partial charge >= 0.3 is 11.7 Å². The highest BCUT2D eigenvalue weighted by Crippen LogP contribution is 2.28. The molecule has 0 aliphatic heterocycles. The smallest absolute Gasteiger partial charge is 0.414 e. The van der Waals surface area contributed by atoms with Gasteiger partial charge in [-0.2, -0.15) is 8.42 Å². The van der Waals surface area contributed by atoms with Gasteiger partial charge < -0.3 is 19.4 Å². The highest BCUT2D eigenvalue weighted by atomic mass is 32.2. The molecule has 0 fully saturated rings. The number of rotatable bonds is 9. The standard InChI is InChI=1S/C24H25FN4O6S/c1-5-11-27-14-19-17-10-9-16(34-24(31)29(3)4)13-21(17)35-23(30)18(19)12-15-7-6-8-20(22(15)25)28-36(32,33)26-2/h1,6-10,13,26-28H,11-12,14H2,2-4H3. The maximum atomic E-state index is 15.2. The third kappa shape index (κ3) is 6.19. The van der Waals surface area contributed by atoms with Crippen molar-refractivity contribution < 1.29 is 26.8 Å². The maximum Gasteiger partial charge on any atom is 0.414 e. The fourth-order valence-electron chi connectivity index (χ4n) is 3.36. The highest BCUT2D eigenvalue weighted by Gasteiger charge is 2.20. The number of hydrogen-bond acceptors (Lipinski definition) is 7. The first kappa shape index (κ1) is 26.7. The maximum absolute atomic E-state index is 15.2. The summed E-state index contributed by atoms with van der Waals surface area (Å²) in [7, 11) is 0.298. The summed E-state index contributed by atoms with van der Waals surface area (Å²) in [6, 6.07) is 8.77. The molecule has 0 unspecified atom stereocenters. The molecule has 10 nitrogen and oxygen atoms in total. The number of terminal acetylenes is 1. The minimum atomic E-state index is -3.95. The Bertz CT molecular complexity index is 1490. The van der Waals surface area contributed by atoms with Gasteiger partial charge in [0.05, 0.1) is 12.2 Å². The molecule has 3 N–H and O–H groups in total. The Morgan fingerprint density at radius 2 is 1.97 bits per heavy atom. The quantitative estimate of drug-likeness (QED) is 0.226. The van der Waals surface area contributed by atoms with Crippen LogP contribution >= 0.6 is 0 Å². The second-order valence-electron chi connectivity index (χ2n) is 7.84. The van der Waals surface area contributed by atoms with E-state index in [1.807, 2.05) is 4.72 Å². The summed E-state index contributed by atoms with van der Waals surface area (Å²) in [6.45, 7) is 0.390. The first-order valence-corrected chi connectivity index (χ1v) is 12.1. The molecule has 3 aromatic rings. The van der Waals surface area contributed by atoms with E-state index < -0.39 is 27.7 Å². The summed E-state index contributed by atoms with van der Waals surface area (Å²) in [5.41, 5.74) is -0.0720. The highest BCUT2D eigenvalue weighted by molar-refractivity contribution is 7.90. The van der Waals surface area contributed by atoms with E-state index in [-0.39, 0.29) is 47.7 Å². The molecule has 0 atom stereocenters. The molecule has 1 aromatic heterocycles. The van der Waals surface area contributed by atoms with Gasteiger partial charge in [-0.15, -0.1) is 6.42 Å². The van der Waals surface area contributed by atoms with Crippen LogP contribution in [0.25, 0.3) is 11.0 Å². The van der Waals surface area contributed by atoms with Crippen LogP contribution in [-0.4, -0.2) is 47.1 Å². The number of amides is 1. The molecule has 36 heavy (non-hydrogen) atoms. The number of hydrogen-bond donors (Lipinski definition) is 3. The predicted molar refractivity (Wildman–Crippen MR) is 134 cm³/mol. The summed E-state index contributed by atoms with van der Waals surface area (Å²) < 4.78 is 53.7. The summed E-state index contributed by atoms with van der Waals surface area (Å²) in [5, 5.41) is 3.55. The number of carbonyl (C=O) groups excluding carboxylic acids is 1. The summed E-state index contributed by atoms with van der Waals surface area (Å²) in [6.07, 6.45) is 4.55. The molecule has 190 valence electrons. The van der Waals surface area contributed by atoms with Crippen LogP contribution in [0.5, 0.6) is 5.75 Å². The van der Waals surface area contributed by atoms with E-state index in [4.69, 9.17) is 15.6 Å². The lowest BCUT2D eigenvalue weighted by molar-refractivity contribution is 0.172. The van der Waals surface area contributed by atoms with Crippen LogP contribution in [0.4, 0.5) is 14.9 Å². The minimum absolute atomic E-state index is 0.0766. The van der Waals surface area contributed by atoms with Crippen LogP contribution in [0.2, 0.25) is 0 Å². The lowest BCUT2D eigenvalue weighted by Crippen LogP contribution is -2.27. The largest absolute Gasteiger partial charge is 0.422 e. The molecule has 0 aliphatic carbocycles. The normalized spacial score (nSPS) is 11.2. The van der Waals surface area contributed by atoms with Gasteiger partial charge in [0.1, 0.15) is 11.3 Å². The number of nitrogens with zero attached hydrogens (tertiary/aromatic N) is 1. The zero-order valence-electron chi connectivity index (χ0n) is 19.8. The molecular formula is C24H25FN4O6S. The summed E-state index contributed by atoms with van der Waals surface area (Å²) in [5.74, 6) is 1.80. The van der Waals surface area contributed by atoms with Crippen molar-refractivity contribution in [3.63, 3.8) is 0 Å². The van der Waals surface area contributed by atoms with Gasteiger partial charge in [-0.3, -0.25) is 4.72 Å². The molecule has 0 bridgehead atoms. The van der Waals surface area contributed by atoms with Crippen molar-refractivity contribution in [3.05, 3.63) is 69.3 Å². The van der Waals surface area contributed by atoms with Gasteiger partial charge in [0.15, 0.2) is 5.82 Å². The topological polar surface area (TPSA) is 130 Å². The zero-order chi connectivity index (χ0) is 26.5. The molecule has 0 saturated heterocycles.